The summed E-state index contributed by atoms with van der Waals surface area (Å²) in [7, 11) is 0. The minimum absolute atomic E-state index is 0.0178. The highest BCUT2D eigenvalue weighted by atomic mass is 16.2. The third-order valence-electron chi connectivity index (χ3n) is 6.47. The summed E-state index contributed by atoms with van der Waals surface area (Å²) in [6.07, 6.45) is 1.50. The maximum absolute atomic E-state index is 13.3. The molecule has 0 radical (unpaired) electrons. The van der Waals surface area contributed by atoms with Gasteiger partial charge in [0.15, 0.2) is 0 Å². The van der Waals surface area contributed by atoms with Crippen LogP contribution in [0.1, 0.15) is 38.7 Å². The molecule has 8 heteroatoms. The number of imide groups is 1. The fourth-order valence-electron chi connectivity index (χ4n) is 4.93. The summed E-state index contributed by atoms with van der Waals surface area (Å²) in [5.74, 6) is -1.09. The number of carbonyl (C=O) groups excluding carboxylic acids is 4. The van der Waals surface area contributed by atoms with Crippen molar-refractivity contribution in [3.05, 3.63) is 60.2 Å². The van der Waals surface area contributed by atoms with E-state index in [0.717, 1.165) is 37.4 Å². The zero-order valence-electron chi connectivity index (χ0n) is 19.6. The Morgan fingerprint density at radius 2 is 1.62 bits per heavy atom. The van der Waals surface area contributed by atoms with Gasteiger partial charge >= 0.3 is 0 Å². The molecule has 2 aliphatic rings. The van der Waals surface area contributed by atoms with Gasteiger partial charge in [0.1, 0.15) is 6.04 Å². The predicted molar refractivity (Wildman–Crippen MR) is 129 cm³/mol. The number of hydrogen-bond donors (Lipinski definition) is 1. The number of hydrogen-bond acceptors (Lipinski definition) is 5. The Morgan fingerprint density at radius 1 is 0.971 bits per heavy atom. The molecule has 2 heterocycles. The Bertz CT molecular complexity index is 1060. The summed E-state index contributed by atoms with van der Waals surface area (Å²) >= 11 is 0. The quantitative estimate of drug-likeness (QED) is 0.667. The Kier molecular flexibility index (Phi) is 7.07. The zero-order valence-corrected chi connectivity index (χ0v) is 19.6. The molecule has 0 bridgehead atoms. The van der Waals surface area contributed by atoms with Crippen molar-refractivity contribution in [3.8, 4) is 0 Å². The molecule has 4 amide bonds. The van der Waals surface area contributed by atoms with E-state index in [2.05, 4.69) is 22.3 Å². The molecule has 2 saturated heterocycles. The van der Waals surface area contributed by atoms with Gasteiger partial charge < -0.3 is 10.2 Å². The summed E-state index contributed by atoms with van der Waals surface area (Å²) in [6.45, 7) is 5.39. The second-order valence-electron chi connectivity index (χ2n) is 8.93. The van der Waals surface area contributed by atoms with Gasteiger partial charge in [-0.2, -0.15) is 0 Å². The molecule has 2 fully saturated rings. The molecule has 0 aromatic heterocycles. The van der Waals surface area contributed by atoms with Crippen molar-refractivity contribution in [2.75, 3.05) is 23.3 Å². The molecule has 178 valence electrons. The number of rotatable bonds is 6. The first kappa shape index (κ1) is 23.6. The molecule has 4 rings (SSSR count). The number of likely N-dealkylation sites (tertiary alicyclic amines) is 1. The van der Waals surface area contributed by atoms with Crippen LogP contribution < -0.4 is 10.2 Å². The first-order chi connectivity index (χ1) is 16.3. The molecule has 0 saturated carbocycles. The third kappa shape index (κ3) is 5.17. The maximum atomic E-state index is 13.3. The smallest absolute Gasteiger partial charge is 0.257 e. The predicted octanol–water partition coefficient (Wildman–Crippen LogP) is 2.79. The van der Waals surface area contributed by atoms with E-state index in [4.69, 9.17) is 0 Å². The van der Waals surface area contributed by atoms with Crippen molar-refractivity contribution in [2.45, 2.75) is 51.7 Å². The van der Waals surface area contributed by atoms with E-state index in [1.54, 1.807) is 29.2 Å². The first-order valence-corrected chi connectivity index (χ1v) is 11.6. The summed E-state index contributed by atoms with van der Waals surface area (Å²) in [5.41, 5.74) is 2.27. The second kappa shape index (κ2) is 10.2. The Labute approximate surface area is 199 Å². The van der Waals surface area contributed by atoms with Gasteiger partial charge in [-0.1, -0.05) is 30.3 Å². The SMILES string of the molecule is CC(=O)Nc1ccc(N2C(=O)CC(N(C(C)=O)C3CCN(Cc4ccccc4)CC3)C2=O)cc1. The van der Waals surface area contributed by atoms with E-state index in [1.165, 1.54) is 19.4 Å². The van der Waals surface area contributed by atoms with Crippen molar-refractivity contribution in [1.82, 2.24) is 9.80 Å². The lowest BCUT2D eigenvalue weighted by molar-refractivity contribution is -0.140. The first-order valence-electron chi connectivity index (χ1n) is 11.6. The average Bonchev–Trinajstić information content (AvgIpc) is 3.09. The van der Waals surface area contributed by atoms with Crippen LogP contribution in [0.2, 0.25) is 0 Å². The number of piperidine rings is 1. The Balaban J connectivity index is 1.43. The van der Waals surface area contributed by atoms with Crippen LogP contribution in [-0.2, 0) is 25.7 Å². The van der Waals surface area contributed by atoms with Gasteiger partial charge in [-0.15, -0.1) is 0 Å². The molecular formula is C26H30N4O4. The summed E-state index contributed by atoms with van der Waals surface area (Å²) in [4.78, 5) is 55.1. The van der Waals surface area contributed by atoms with Crippen LogP contribution in [0.4, 0.5) is 11.4 Å². The molecule has 2 aromatic rings. The highest BCUT2D eigenvalue weighted by molar-refractivity contribution is 6.23. The summed E-state index contributed by atoms with van der Waals surface area (Å²) in [5, 5.41) is 2.66. The fraction of sp³-hybridized carbons (Fsp3) is 0.385. The van der Waals surface area contributed by atoms with E-state index in [9.17, 15) is 19.2 Å². The molecule has 34 heavy (non-hydrogen) atoms. The van der Waals surface area contributed by atoms with Gasteiger partial charge in [-0.25, -0.2) is 4.90 Å². The van der Waals surface area contributed by atoms with Crippen molar-refractivity contribution >= 4 is 35.0 Å². The van der Waals surface area contributed by atoms with Gasteiger partial charge in [-0.05, 0) is 42.7 Å². The lowest BCUT2D eigenvalue weighted by Crippen LogP contribution is -2.53. The minimum Gasteiger partial charge on any atom is -0.327 e. The van der Waals surface area contributed by atoms with E-state index in [0.29, 0.717) is 11.4 Å². The molecule has 2 aromatic carbocycles. The van der Waals surface area contributed by atoms with Crippen LogP contribution in [-0.4, -0.2) is 58.6 Å². The standard InChI is InChI=1S/C26H30N4O4/c1-18(31)27-21-8-10-22(11-9-21)30-25(33)16-24(26(30)34)29(19(2)32)23-12-14-28(15-13-23)17-20-6-4-3-5-7-20/h3-11,23-24H,12-17H2,1-2H3,(H,27,31). The Hall–Kier alpha value is -3.52. The zero-order chi connectivity index (χ0) is 24.2. The van der Waals surface area contributed by atoms with E-state index < -0.39 is 6.04 Å². The van der Waals surface area contributed by atoms with E-state index >= 15 is 0 Å². The summed E-state index contributed by atoms with van der Waals surface area (Å²) in [6, 6.07) is 16.0. The van der Waals surface area contributed by atoms with Crippen molar-refractivity contribution in [3.63, 3.8) is 0 Å². The molecular weight excluding hydrogens is 432 g/mol. The molecule has 0 spiro atoms. The second-order valence-corrected chi connectivity index (χ2v) is 8.93. The number of nitrogens with one attached hydrogen (secondary N) is 1. The van der Waals surface area contributed by atoms with Crippen LogP contribution >= 0.6 is 0 Å². The van der Waals surface area contributed by atoms with E-state index in [-0.39, 0.29) is 36.1 Å². The normalized spacial score (nSPS) is 19.4. The molecule has 1 unspecified atom stereocenters. The van der Waals surface area contributed by atoms with Crippen molar-refractivity contribution < 1.29 is 19.2 Å². The maximum Gasteiger partial charge on any atom is 0.257 e. The largest absolute Gasteiger partial charge is 0.327 e. The van der Waals surface area contributed by atoms with Gasteiger partial charge in [0.2, 0.25) is 17.7 Å². The van der Waals surface area contributed by atoms with Gasteiger partial charge in [0.25, 0.3) is 5.91 Å². The molecule has 1 N–H and O–H groups in total. The van der Waals surface area contributed by atoms with Crippen LogP contribution in [0, 0.1) is 0 Å². The van der Waals surface area contributed by atoms with Crippen LogP contribution in [0.3, 0.4) is 0 Å². The lowest BCUT2D eigenvalue weighted by atomic mass is 9.99. The van der Waals surface area contributed by atoms with Crippen LogP contribution in [0.5, 0.6) is 0 Å². The van der Waals surface area contributed by atoms with Crippen LogP contribution in [0.25, 0.3) is 0 Å². The number of carbonyl (C=O) groups is 4. The summed E-state index contributed by atoms with van der Waals surface area (Å²) < 4.78 is 0. The molecule has 1 atom stereocenters. The average molecular weight is 463 g/mol. The van der Waals surface area contributed by atoms with Gasteiger partial charge in [0, 0.05) is 45.2 Å². The number of benzene rings is 2. The van der Waals surface area contributed by atoms with Crippen LogP contribution in [0.15, 0.2) is 54.6 Å². The monoisotopic (exact) mass is 462 g/mol. The minimum atomic E-state index is -0.786. The van der Waals surface area contributed by atoms with Crippen molar-refractivity contribution in [1.29, 1.82) is 0 Å². The Morgan fingerprint density at radius 3 is 2.21 bits per heavy atom. The lowest BCUT2D eigenvalue weighted by Gasteiger charge is -2.40. The number of anilines is 2. The number of nitrogens with zero attached hydrogens (tertiary/aromatic N) is 3. The number of amides is 4. The molecule has 2 aliphatic heterocycles. The highest BCUT2D eigenvalue weighted by Crippen LogP contribution is 2.30. The van der Waals surface area contributed by atoms with Gasteiger partial charge in [0.05, 0.1) is 12.1 Å². The van der Waals surface area contributed by atoms with Gasteiger partial charge in [-0.3, -0.25) is 24.1 Å². The molecule has 0 aliphatic carbocycles. The third-order valence-corrected chi connectivity index (χ3v) is 6.47. The highest BCUT2D eigenvalue weighted by Gasteiger charge is 2.46. The fourth-order valence-corrected chi connectivity index (χ4v) is 4.93. The van der Waals surface area contributed by atoms with E-state index in [1.807, 2.05) is 18.2 Å². The molecule has 8 nitrogen and oxygen atoms in total. The topological polar surface area (TPSA) is 90.0 Å². The van der Waals surface area contributed by atoms with Crippen molar-refractivity contribution in [2.24, 2.45) is 0 Å².